The average molecular weight is 353 g/mol. The Labute approximate surface area is 131 Å². The van der Waals surface area contributed by atoms with E-state index in [-0.39, 0.29) is 12.4 Å². The molecule has 0 radical (unpaired) electrons. The highest BCUT2D eigenvalue weighted by Gasteiger charge is 2.13. The smallest absolute Gasteiger partial charge is 0.201 e. The summed E-state index contributed by atoms with van der Waals surface area (Å²) in [6, 6.07) is 5.82. The van der Waals surface area contributed by atoms with Crippen molar-refractivity contribution in [3.8, 4) is 5.75 Å². The molecule has 0 bridgehead atoms. The largest absolute Gasteiger partial charge is 0.485 e. The molecular weight excluding hydrogens is 336 g/mol. The molecule has 0 aliphatic carbocycles. The van der Waals surface area contributed by atoms with Gasteiger partial charge in [0.25, 0.3) is 0 Å². The van der Waals surface area contributed by atoms with E-state index in [1.54, 1.807) is 11.3 Å². The Kier molecular flexibility index (Phi) is 4.66. The Balaban J connectivity index is 2.09. The Bertz CT molecular complexity index is 635. The average Bonchev–Trinajstić information content (AvgIpc) is 2.72. The van der Waals surface area contributed by atoms with Crippen molar-refractivity contribution < 1.29 is 9.53 Å². The molecule has 0 aliphatic rings. The zero-order valence-corrected chi connectivity index (χ0v) is 14.4. The van der Waals surface area contributed by atoms with Crippen LogP contribution in [-0.4, -0.2) is 12.4 Å². The first kappa shape index (κ1) is 15.3. The molecule has 0 unspecified atom stereocenters. The molecule has 0 amide bonds. The third-order valence-electron chi connectivity index (χ3n) is 3.12. The van der Waals surface area contributed by atoms with E-state index in [9.17, 15) is 4.79 Å². The van der Waals surface area contributed by atoms with E-state index in [4.69, 9.17) is 4.74 Å². The summed E-state index contributed by atoms with van der Waals surface area (Å²) >= 11 is 5.16. The van der Waals surface area contributed by atoms with Gasteiger partial charge in [0.2, 0.25) is 5.78 Å². The molecule has 0 saturated carbocycles. The summed E-state index contributed by atoms with van der Waals surface area (Å²) < 4.78 is 6.72. The molecule has 0 saturated heterocycles. The quantitative estimate of drug-likeness (QED) is 0.723. The number of hydrogen-bond acceptors (Lipinski definition) is 3. The van der Waals surface area contributed by atoms with Crippen LogP contribution in [0.25, 0.3) is 0 Å². The summed E-state index contributed by atoms with van der Waals surface area (Å²) in [7, 11) is 0. The van der Waals surface area contributed by atoms with E-state index in [0.29, 0.717) is 0 Å². The van der Waals surface area contributed by atoms with Gasteiger partial charge in [-0.3, -0.25) is 4.79 Å². The number of rotatable bonds is 4. The third-order valence-corrected chi connectivity index (χ3v) is 5.34. The van der Waals surface area contributed by atoms with Crippen molar-refractivity contribution in [1.82, 2.24) is 0 Å². The van der Waals surface area contributed by atoms with Crippen LogP contribution in [0.4, 0.5) is 0 Å². The maximum atomic E-state index is 12.2. The van der Waals surface area contributed by atoms with Crippen molar-refractivity contribution in [2.75, 3.05) is 6.61 Å². The minimum absolute atomic E-state index is 0.0325. The number of hydrogen-bond donors (Lipinski definition) is 0. The van der Waals surface area contributed by atoms with E-state index in [1.807, 2.05) is 45.9 Å². The maximum absolute atomic E-state index is 12.2. The summed E-state index contributed by atoms with van der Waals surface area (Å²) in [6.45, 7) is 8.09. The summed E-state index contributed by atoms with van der Waals surface area (Å²) in [5.74, 6) is 0.770. The lowest BCUT2D eigenvalue weighted by molar-refractivity contribution is 0.0921. The SMILES string of the molecule is Cc1cc(C(=O)COc2cc(C)c(Br)c(C)c2)c(C)s1. The number of benzene rings is 1. The third kappa shape index (κ3) is 3.30. The van der Waals surface area contributed by atoms with Gasteiger partial charge in [-0.15, -0.1) is 11.3 Å². The molecule has 2 aromatic rings. The Morgan fingerprint density at radius 2 is 1.75 bits per heavy atom. The van der Waals surface area contributed by atoms with Crippen molar-refractivity contribution in [1.29, 1.82) is 0 Å². The van der Waals surface area contributed by atoms with Crippen LogP contribution in [0, 0.1) is 27.7 Å². The number of ketones is 1. The van der Waals surface area contributed by atoms with Gasteiger partial charge in [-0.05, 0) is 57.0 Å². The minimum atomic E-state index is 0.0325. The first-order valence-corrected chi connectivity index (χ1v) is 7.99. The van der Waals surface area contributed by atoms with E-state index in [1.165, 1.54) is 0 Å². The predicted molar refractivity (Wildman–Crippen MR) is 87.2 cm³/mol. The van der Waals surface area contributed by atoms with Crippen molar-refractivity contribution in [3.63, 3.8) is 0 Å². The van der Waals surface area contributed by atoms with Crippen LogP contribution in [0.5, 0.6) is 5.75 Å². The summed E-state index contributed by atoms with van der Waals surface area (Å²) in [5, 5.41) is 0. The molecule has 20 heavy (non-hydrogen) atoms. The number of halogens is 1. The lowest BCUT2D eigenvalue weighted by Crippen LogP contribution is -2.12. The Morgan fingerprint density at radius 1 is 1.15 bits per heavy atom. The van der Waals surface area contributed by atoms with Gasteiger partial charge in [0.05, 0.1) is 0 Å². The zero-order valence-electron chi connectivity index (χ0n) is 12.0. The van der Waals surface area contributed by atoms with Crippen molar-refractivity contribution in [2.45, 2.75) is 27.7 Å². The van der Waals surface area contributed by atoms with E-state index in [0.717, 1.165) is 36.7 Å². The number of aryl methyl sites for hydroxylation is 4. The second-order valence-electron chi connectivity index (χ2n) is 4.91. The fourth-order valence-corrected chi connectivity index (χ4v) is 3.30. The van der Waals surface area contributed by atoms with Crippen molar-refractivity contribution in [3.05, 3.63) is 49.1 Å². The van der Waals surface area contributed by atoms with E-state index >= 15 is 0 Å². The Morgan fingerprint density at radius 3 is 2.25 bits per heavy atom. The molecule has 1 aromatic heterocycles. The molecule has 106 valence electrons. The van der Waals surface area contributed by atoms with Gasteiger partial charge in [-0.1, -0.05) is 15.9 Å². The molecule has 0 spiro atoms. The molecule has 1 heterocycles. The van der Waals surface area contributed by atoms with Crippen molar-refractivity contribution in [2.24, 2.45) is 0 Å². The van der Waals surface area contributed by atoms with Gasteiger partial charge in [-0.25, -0.2) is 0 Å². The number of Topliss-reactive ketones (excluding diaryl/α,β-unsaturated/α-hetero) is 1. The van der Waals surface area contributed by atoms with Gasteiger partial charge in [0, 0.05) is 19.8 Å². The fourth-order valence-electron chi connectivity index (χ4n) is 2.12. The minimum Gasteiger partial charge on any atom is -0.485 e. The molecule has 0 fully saturated rings. The van der Waals surface area contributed by atoms with E-state index in [2.05, 4.69) is 15.9 Å². The molecule has 0 aliphatic heterocycles. The first-order valence-electron chi connectivity index (χ1n) is 6.38. The van der Waals surface area contributed by atoms with Crippen molar-refractivity contribution >= 4 is 33.0 Å². The summed E-state index contributed by atoms with van der Waals surface area (Å²) in [4.78, 5) is 14.4. The molecule has 2 rings (SSSR count). The lowest BCUT2D eigenvalue weighted by Gasteiger charge is -2.09. The molecule has 0 N–H and O–H groups in total. The highest BCUT2D eigenvalue weighted by molar-refractivity contribution is 9.10. The monoisotopic (exact) mass is 352 g/mol. The number of carbonyl (C=O) groups excluding carboxylic acids is 1. The highest BCUT2D eigenvalue weighted by atomic mass is 79.9. The second kappa shape index (κ2) is 6.10. The number of thiophene rings is 1. The molecule has 1 aromatic carbocycles. The second-order valence-corrected chi connectivity index (χ2v) is 7.16. The van der Waals surface area contributed by atoms with Gasteiger partial charge in [0.1, 0.15) is 5.75 Å². The maximum Gasteiger partial charge on any atom is 0.201 e. The lowest BCUT2D eigenvalue weighted by atomic mass is 10.1. The van der Waals surface area contributed by atoms with Crippen LogP contribution < -0.4 is 4.74 Å². The number of carbonyl (C=O) groups is 1. The topological polar surface area (TPSA) is 26.3 Å². The fraction of sp³-hybridized carbons (Fsp3) is 0.312. The van der Waals surface area contributed by atoms with Gasteiger partial charge in [0.15, 0.2) is 6.61 Å². The normalized spacial score (nSPS) is 10.7. The molecule has 4 heteroatoms. The van der Waals surface area contributed by atoms with Crippen LogP contribution in [0.15, 0.2) is 22.7 Å². The standard InChI is InChI=1S/C16H17BrO2S/c1-9-5-13(6-10(2)16(9)17)19-8-15(18)14-7-11(3)20-12(14)4/h5-7H,8H2,1-4H3. The molecular formula is C16H17BrO2S. The number of ether oxygens (including phenoxy) is 1. The zero-order chi connectivity index (χ0) is 14.9. The Hall–Kier alpha value is -1.13. The molecule has 0 atom stereocenters. The predicted octanol–water partition coefficient (Wildman–Crippen LogP) is 5.01. The summed E-state index contributed by atoms with van der Waals surface area (Å²) in [6.07, 6.45) is 0. The van der Waals surface area contributed by atoms with E-state index < -0.39 is 0 Å². The van der Waals surface area contributed by atoms with Crippen LogP contribution in [0.2, 0.25) is 0 Å². The summed E-state index contributed by atoms with van der Waals surface area (Å²) in [5.41, 5.74) is 2.99. The van der Waals surface area contributed by atoms with Crippen LogP contribution in [0.3, 0.4) is 0 Å². The van der Waals surface area contributed by atoms with Gasteiger partial charge >= 0.3 is 0 Å². The molecule has 2 nitrogen and oxygen atoms in total. The highest BCUT2D eigenvalue weighted by Crippen LogP contribution is 2.27. The van der Waals surface area contributed by atoms with Crippen LogP contribution >= 0.6 is 27.3 Å². The van der Waals surface area contributed by atoms with Crippen LogP contribution in [0.1, 0.15) is 31.2 Å². The van der Waals surface area contributed by atoms with Gasteiger partial charge < -0.3 is 4.74 Å². The first-order chi connectivity index (χ1) is 9.38. The van der Waals surface area contributed by atoms with Crippen LogP contribution in [-0.2, 0) is 0 Å². The van der Waals surface area contributed by atoms with Gasteiger partial charge in [-0.2, -0.15) is 0 Å².